The van der Waals surface area contributed by atoms with Crippen LogP contribution in [0.5, 0.6) is 0 Å². The van der Waals surface area contributed by atoms with E-state index in [0.717, 1.165) is 10.7 Å². The van der Waals surface area contributed by atoms with Crippen LogP contribution in [-0.2, 0) is 0 Å². The van der Waals surface area contributed by atoms with Gasteiger partial charge in [0.05, 0.1) is 15.1 Å². The van der Waals surface area contributed by atoms with Crippen molar-refractivity contribution in [1.29, 1.82) is 0 Å². The standard InChI is InChI=1S/C14H10N2S2/c1-9-6-7-12(17-9)10-8-16-11-4-2-3-5-13(11)18-14(16)15-10/h2-8H,1H3. The fraction of sp³-hybridized carbons (Fsp3) is 0.0714. The predicted molar refractivity (Wildman–Crippen MR) is 78.6 cm³/mol. The van der Waals surface area contributed by atoms with Crippen molar-refractivity contribution in [3.05, 3.63) is 47.5 Å². The quantitative estimate of drug-likeness (QED) is 0.494. The normalized spacial score (nSPS) is 11.6. The monoisotopic (exact) mass is 270 g/mol. The second-order valence-corrected chi connectivity index (χ2v) is 6.56. The third-order valence-corrected chi connectivity index (χ3v) is 5.05. The first-order valence-corrected chi connectivity index (χ1v) is 7.38. The van der Waals surface area contributed by atoms with Crippen LogP contribution < -0.4 is 0 Å². The maximum Gasteiger partial charge on any atom is 0.195 e. The Kier molecular flexibility index (Phi) is 2.10. The summed E-state index contributed by atoms with van der Waals surface area (Å²) in [5, 5.41) is 0. The molecule has 0 aliphatic carbocycles. The first-order chi connectivity index (χ1) is 8.81. The highest BCUT2D eigenvalue weighted by molar-refractivity contribution is 7.23. The zero-order chi connectivity index (χ0) is 12.1. The molecular formula is C14H10N2S2. The lowest BCUT2D eigenvalue weighted by Gasteiger charge is -1.89. The second-order valence-electron chi connectivity index (χ2n) is 4.26. The van der Waals surface area contributed by atoms with Gasteiger partial charge in [-0.25, -0.2) is 4.98 Å². The number of hydrogen-bond donors (Lipinski definition) is 0. The Bertz CT molecular complexity index is 851. The summed E-state index contributed by atoms with van der Waals surface area (Å²) in [4.78, 5) is 8.36. The summed E-state index contributed by atoms with van der Waals surface area (Å²) >= 11 is 3.53. The Hall–Kier alpha value is -1.65. The second kappa shape index (κ2) is 3.67. The molecule has 3 heterocycles. The molecule has 0 radical (unpaired) electrons. The minimum Gasteiger partial charge on any atom is -0.290 e. The van der Waals surface area contributed by atoms with E-state index in [1.54, 1.807) is 22.7 Å². The van der Waals surface area contributed by atoms with Gasteiger partial charge in [0.25, 0.3) is 0 Å². The van der Waals surface area contributed by atoms with Gasteiger partial charge in [0.1, 0.15) is 5.69 Å². The summed E-state index contributed by atoms with van der Waals surface area (Å²) in [5.41, 5.74) is 2.31. The van der Waals surface area contributed by atoms with E-state index < -0.39 is 0 Å². The third-order valence-electron chi connectivity index (χ3n) is 2.99. The molecule has 0 bridgehead atoms. The van der Waals surface area contributed by atoms with Crippen molar-refractivity contribution in [2.45, 2.75) is 6.92 Å². The Balaban J connectivity index is 1.99. The Morgan fingerprint density at radius 1 is 1.06 bits per heavy atom. The van der Waals surface area contributed by atoms with Crippen molar-refractivity contribution in [3.63, 3.8) is 0 Å². The third kappa shape index (κ3) is 1.43. The SMILES string of the molecule is Cc1ccc(-c2cn3c(n2)sc2ccccc23)s1. The summed E-state index contributed by atoms with van der Waals surface area (Å²) < 4.78 is 3.47. The summed E-state index contributed by atoms with van der Waals surface area (Å²) in [6, 6.07) is 12.7. The van der Waals surface area contributed by atoms with Gasteiger partial charge >= 0.3 is 0 Å². The minimum absolute atomic E-state index is 1.07. The zero-order valence-electron chi connectivity index (χ0n) is 9.75. The molecule has 88 valence electrons. The molecule has 4 aromatic rings. The van der Waals surface area contributed by atoms with Crippen LogP contribution in [0, 0.1) is 6.92 Å². The van der Waals surface area contributed by atoms with Gasteiger partial charge in [-0.1, -0.05) is 23.5 Å². The van der Waals surface area contributed by atoms with Gasteiger partial charge in [-0.3, -0.25) is 4.40 Å². The van der Waals surface area contributed by atoms with Crippen LogP contribution in [0.15, 0.2) is 42.6 Å². The van der Waals surface area contributed by atoms with Crippen LogP contribution in [0.25, 0.3) is 25.7 Å². The zero-order valence-corrected chi connectivity index (χ0v) is 11.4. The summed E-state index contributed by atoms with van der Waals surface area (Å²) in [6.07, 6.45) is 2.14. The molecule has 0 amide bonds. The van der Waals surface area contributed by atoms with E-state index in [2.05, 4.69) is 53.9 Å². The average Bonchev–Trinajstić information content (AvgIpc) is 3.01. The molecule has 4 rings (SSSR count). The Labute approximate surface area is 112 Å². The van der Waals surface area contributed by atoms with Gasteiger partial charge in [-0.2, -0.15) is 0 Å². The van der Waals surface area contributed by atoms with E-state index in [0.29, 0.717) is 0 Å². The van der Waals surface area contributed by atoms with Gasteiger partial charge in [-0.15, -0.1) is 11.3 Å². The van der Waals surface area contributed by atoms with E-state index >= 15 is 0 Å². The summed E-state index contributed by atoms with van der Waals surface area (Å²) in [6.45, 7) is 2.13. The first kappa shape index (κ1) is 10.3. The molecule has 0 fully saturated rings. The number of thiophene rings is 1. The number of imidazole rings is 1. The molecule has 0 atom stereocenters. The molecule has 0 unspecified atom stereocenters. The van der Waals surface area contributed by atoms with Crippen molar-refractivity contribution < 1.29 is 0 Å². The van der Waals surface area contributed by atoms with Crippen molar-refractivity contribution in [2.75, 3.05) is 0 Å². The van der Waals surface area contributed by atoms with Crippen molar-refractivity contribution >= 4 is 37.9 Å². The topological polar surface area (TPSA) is 17.3 Å². The molecule has 18 heavy (non-hydrogen) atoms. The largest absolute Gasteiger partial charge is 0.290 e. The van der Waals surface area contributed by atoms with Gasteiger partial charge in [0.2, 0.25) is 0 Å². The minimum atomic E-state index is 1.07. The molecular weight excluding hydrogens is 260 g/mol. The Morgan fingerprint density at radius 2 is 1.94 bits per heavy atom. The van der Waals surface area contributed by atoms with Crippen molar-refractivity contribution in [1.82, 2.24) is 9.38 Å². The average molecular weight is 270 g/mol. The lowest BCUT2D eigenvalue weighted by molar-refractivity contribution is 1.30. The summed E-state index contributed by atoms with van der Waals surface area (Å²) in [7, 11) is 0. The van der Waals surface area contributed by atoms with E-state index in [1.165, 1.54) is 20.0 Å². The number of thiazole rings is 1. The number of hydrogen-bond acceptors (Lipinski definition) is 3. The number of fused-ring (bicyclic) bond motifs is 3. The van der Waals surface area contributed by atoms with Gasteiger partial charge in [-0.05, 0) is 31.2 Å². The van der Waals surface area contributed by atoms with Crippen LogP contribution >= 0.6 is 22.7 Å². The van der Waals surface area contributed by atoms with Crippen molar-refractivity contribution in [2.24, 2.45) is 0 Å². The highest BCUT2D eigenvalue weighted by Gasteiger charge is 2.10. The van der Waals surface area contributed by atoms with Gasteiger partial charge in [0, 0.05) is 11.1 Å². The number of nitrogens with zero attached hydrogens (tertiary/aromatic N) is 2. The van der Waals surface area contributed by atoms with Gasteiger partial charge < -0.3 is 0 Å². The highest BCUT2D eigenvalue weighted by Crippen LogP contribution is 2.31. The molecule has 0 aliphatic heterocycles. The molecule has 0 N–H and O–H groups in total. The molecule has 3 aromatic heterocycles. The maximum absolute atomic E-state index is 4.73. The van der Waals surface area contributed by atoms with Crippen LogP contribution in [-0.4, -0.2) is 9.38 Å². The van der Waals surface area contributed by atoms with E-state index in [-0.39, 0.29) is 0 Å². The molecule has 4 heteroatoms. The lowest BCUT2D eigenvalue weighted by Crippen LogP contribution is -1.74. The molecule has 0 saturated carbocycles. The number of aryl methyl sites for hydroxylation is 1. The van der Waals surface area contributed by atoms with E-state index in [1.807, 2.05) is 0 Å². The molecule has 2 nitrogen and oxygen atoms in total. The van der Waals surface area contributed by atoms with Crippen LogP contribution in [0.1, 0.15) is 4.88 Å². The fourth-order valence-corrected chi connectivity index (χ4v) is 3.97. The lowest BCUT2D eigenvalue weighted by atomic mass is 10.3. The van der Waals surface area contributed by atoms with Crippen LogP contribution in [0.2, 0.25) is 0 Å². The number of rotatable bonds is 1. The smallest absolute Gasteiger partial charge is 0.195 e. The van der Waals surface area contributed by atoms with Crippen molar-refractivity contribution in [3.8, 4) is 10.6 Å². The molecule has 0 spiro atoms. The fourth-order valence-electron chi connectivity index (χ4n) is 2.14. The highest BCUT2D eigenvalue weighted by atomic mass is 32.1. The van der Waals surface area contributed by atoms with E-state index in [9.17, 15) is 0 Å². The number of aromatic nitrogens is 2. The first-order valence-electron chi connectivity index (χ1n) is 5.75. The summed E-state index contributed by atoms with van der Waals surface area (Å²) in [5.74, 6) is 0. The molecule has 0 saturated heterocycles. The molecule has 0 aliphatic rings. The van der Waals surface area contributed by atoms with Crippen LogP contribution in [0.4, 0.5) is 0 Å². The number of benzene rings is 1. The number of para-hydroxylation sites is 1. The Morgan fingerprint density at radius 3 is 2.78 bits per heavy atom. The van der Waals surface area contributed by atoms with E-state index in [4.69, 9.17) is 4.98 Å². The maximum atomic E-state index is 4.73. The molecule has 1 aromatic carbocycles. The van der Waals surface area contributed by atoms with Crippen LogP contribution in [0.3, 0.4) is 0 Å². The van der Waals surface area contributed by atoms with Gasteiger partial charge in [0.15, 0.2) is 4.96 Å². The predicted octanol–water partition coefficient (Wildman–Crippen LogP) is 4.59.